The van der Waals surface area contributed by atoms with Crippen molar-refractivity contribution in [2.45, 2.75) is 6.61 Å². The Morgan fingerprint density at radius 1 is 1.58 bits per heavy atom. The van der Waals surface area contributed by atoms with Crippen LogP contribution in [0.25, 0.3) is 5.65 Å². The zero-order valence-electron chi connectivity index (χ0n) is 6.24. The third-order valence-corrected chi connectivity index (χ3v) is 1.73. The Labute approximate surface area is 68.1 Å². The lowest BCUT2D eigenvalue weighted by atomic mass is 10.4. The first kappa shape index (κ1) is 7.24. The van der Waals surface area contributed by atoms with Crippen LogP contribution in [-0.4, -0.2) is 14.5 Å². The van der Waals surface area contributed by atoms with Crippen LogP contribution in [0.1, 0.15) is 5.69 Å². The number of imidazole rings is 1. The van der Waals surface area contributed by atoms with E-state index in [-0.39, 0.29) is 18.1 Å². The minimum Gasteiger partial charge on any atom is -0.390 e. The van der Waals surface area contributed by atoms with Gasteiger partial charge in [0.2, 0.25) is 0 Å². The predicted molar refractivity (Wildman–Crippen MR) is 41.1 cm³/mol. The molecule has 0 spiro atoms. The van der Waals surface area contributed by atoms with Crippen molar-refractivity contribution in [1.82, 2.24) is 9.38 Å². The van der Waals surface area contributed by atoms with Gasteiger partial charge in [-0.05, 0) is 12.1 Å². The number of aromatic nitrogens is 2. The summed E-state index contributed by atoms with van der Waals surface area (Å²) in [6.45, 7) is -0.134. The van der Waals surface area contributed by atoms with Crippen LogP contribution in [0.15, 0.2) is 24.5 Å². The maximum absolute atomic E-state index is 13.0. The lowest BCUT2D eigenvalue weighted by Gasteiger charge is -1.96. The summed E-state index contributed by atoms with van der Waals surface area (Å²) in [5, 5.41) is 8.83. The lowest BCUT2D eigenvalue weighted by molar-refractivity contribution is 0.275. The molecule has 4 heteroatoms. The molecule has 0 unspecified atom stereocenters. The van der Waals surface area contributed by atoms with Gasteiger partial charge in [-0.25, -0.2) is 9.37 Å². The van der Waals surface area contributed by atoms with E-state index in [0.717, 1.165) is 0 Å². The molecule has 0 amide bonds. The highest BCUT2D eigenvalue weighted by Crippen LogP contribution is 2.09. The SMILES string of the molecule is OCc1cnc2c(F)cccn12. The minimum absolute atomic E-state index is 0.134. The van der Waals surface area contributed by atoms with Crippen LogP contribution >= 0.6 is 0 Å². The minimum atomic E-state index is -0.378. The van der Waals surface area contributed by atoms with Crippen molar-refractivity contribution >= 4 is 5.65 Å². The molecule has 0 radical (unpaired) electrons. The fourth-order valence-electron chi connectivity index (χ4n) is 1.14. The van der Waals surface area contributed by atoms with E-state index in [9.17, 15) is 4.39 Å². The van der Waals surface area contributed by atoms with Crippen LogP contribution in [0.2, 0.25) is 0 Å². The van der Waals surface area contributed by atoms with Crippen molar-refractivity contribution in [1.29, 1.82) is 0 Å². The van der Waals surface area contributed by atoms with E-state index in [1.165, 1.54) is 16.7 Å². The fraction of sp³-hybridized carbons (Fsp3) is 0.125. The number of aliphatic hydroxyl groups is 1. The molecule has 0 aliphatic rings. The van der Waals surface area contributed by atoms with Crippen molar-refractivity contribution in [3.63, 3.8) is 0 Å². The van der Waals surface area contributed by atoms with E-state index >= 15 is 0 Å². The average Bonchev–Trinajstić information content (AvgIpc) is 2.49. The second-order valence-electron chi connectivity index (χ2n) is 2.46. The summed E-state index contributed by atoms with van der Waals surface area (Å²) in [4.78, 5) is 3.82. The van der Waals surface area contributed by atoms with Crippen molar-refractivity contribution in [2.24, 2.45) is 0 Å². The second kappa shape index (κ2) is 2.57. The third-order valence-electron chi connectivity index (χ3n) is 1.73. The molecule has 0 saturated heterocycles. The highest BCUT2D eigenvalue weighted by molar-refractivity contribution is 5.41. The molecule has 0 atom stereocenters. The molecular formula is C8H7FN2O. The second-order valence-corrected chi connectivity index (χ2v) is 2.46. The number of hydrogen-bond acceptors (Lipinski definition) is 2. The van der Waals surface area contributed by atoms with Crippen molar-refractivity contribution in [3.8, 4) is 0 Å². The van der Waals surface area contributed by atoms with E-state index in [2.05, 4.69) is 4.98 Å². The van der Waals surface area contributed by atoms with E-state index in [1.807, 2.05) is 0 Å². The molecule has 62 valence electrons. The molecule has 2 heterocycles. The van der Waals surface area contributed by atoms with E-state index in [0.29, 0.717) is 5.69 Å². The van der Waals surface area contributed by atoms with Crippen LogP contribution in [0, 0.1) is 5.82 Å². The summed E-state index contributed by atoms with van der Waals surface area (Å²) in [5.74, 6) is -0.378. The highest BCUT2D eigenvalue weighted by atomic mass is 19.1. The first-order valence-electron chi connectivity index (χ1n) is 3.54. The number of hydrogen-bond donors (Lipinski definition) is 1. The first-order valence-corrected chi connectivity index (χ1v) is 3.54. The van der Waals surface area contributed by atoms with Gasteiger partial charge in [0.1, 0.15) is 0 Å². The van der Waals surface area contributed by atoms with Gasteiger partial charge in [-0.15, -0.1) is 0 Å². The van der Waals surface area contributed by atoms with E-state index in [4.69, 9.17) is 5.11 Å². The summed E-state index contributed by atoms with van der Waals surface area (Å²) < 4.78 is 14.5. The van der Waals surface area contributed by atoms with Crippen LogP contribution < -0.4 is 0 Å². The molecule has 1 N–H and O–H groups in total. The molecular weight excluding hydrogens is 159 g/mol. The van der Waals surface area contributed by atoms with Crippen molar-refractivity contribution < 1.29 is 9.50 Å². The molecule has 2 aromatic rings. The normalized spacial score (nSPS) is 10.8. The average molecular weight is 166 g/mol. The van der Waals surface area contributed by atoms with Crippen LogP contribution in [0.3, 0.4) is 0 Å². The summed E-state index contributed by atoms with van der Waals surface area (Å²) in [5.41, 5.74) is 0.839. The van der Waals surface area contributed by atoms with Crippen LogP contribution in [-0.2, 0) is 6.61 Å². The molecule has 0 bridgehead atoms. The number of nitrogens with zero attached hydrogens (tertiary/aromatic N) is 2. The molecule has 0 aliphatic carbocycles. The van der Waals surface area contributed by atoms with Gasteiger partial charge in [-0.3, -0.25) is 4.40 Å². The van der Waals surface area contributed by atoms with Gasteiger partial charge < -0.3 is 5.11 Å². The van der Waals surface area contributed by atoms with Gasteiger partial charge in [-0.2, -0.15) is 0 Å². The van der Waals surface area contributed by atoms with Gasteiger partial charge in [0.05, 0.1) is 18.5 Å². The molecule has 2 rings (SSSR count). The summed E-state index contributed by atoms with van der Waals surface area (Å²) in [6, 6.07) is 2.91. The Balaban J connectivity index is 2.80. The smallest absolute Gasteiger partial charge is 0.173 e. The maximum atomic E-state index is 13.0. The maximum Gasteiger partial charge on any atom is 0.173 e. The Kier molecular flexibility index (Phi) is 1.55. The van der Waals surface area contributed by atoms with E-state index < -0.39 is 0 Å². The summed E-state index contributed by atoms with van der Waals surface area (Å²) in [7, 11) is 0. The largest absolute Gasteiger partial charge is 0.390 e. The quantitative estimate of drug-likeness (QED) is 0.685. The Morgan fingerprint density at radius 2 is 2.42 bits per heavy atom. The van der Waals surface area contributed by atoms with Gasteiger partial charge >= 0.3 is 0 Å². The van der Waals surface area contributed by atoms with Gasteiger partial charge in [0.25, 0.3) is 0 Å². The molecule has 12 heavy (non-hydrogen) atoms. The Morgan fingerprint density at radius 3 is 3.17 bits per heavy atom. The molecule has 2 aromatic heterocycles. The van der Waals surface area contributed by atoms with Gasteiger partial charge in [0, 0.05) is 6.20 Å². The highest BCUT2D eigenvalue weighted by Gasteiger charge is 2.04. The van der Waals surface area contributed by atoms with Crippen molar-refractivity contribution in [3.05, 3.63) is 36.0 Å². The third kappa shape index (κ3) is 0.887. The molecule has 0 aliphatic heterocycles. The zero-order chi connectivity index (χ0) is 8.55. The molecule has 0 aromatic carbocycles. The number of rotatable bonds is 1. The number of aliphatic hydroxyl groups excluding tert-OH is 1. The number of fused-ring (bicyclic) bond motifs is 1. The van der Waals surface area contributed by atoms with E-state index in [1.54, 1.807) is 12.3 Å². The number of halogens is 1. The lowest BCUT2D eigenvalue weighted by Crippen LogP contribution is -1.92. The topological polar surface area (TPSA) is 37.5 Å². The Hall–Kier alpha value is -1.42. The van der Waals surface area contributed by atoms with Crippen LogP contribution in [0.4, 0.5) is 4.39 Å². The fourth-order valence-corrected chi connectivity index (χ4v) is 1.14. The molecule has 0 fully saturated rings. The summed E-state index contributed by atoms with van der Waals surface area (Å²) in [6.07, 6.45) is 3.12. The molecule has 3 nitrogen and oxygen atoms in total. The van der Waals surface area contributed by atoms with Crippen molar-refractivity contribution in [2.75, 3.05) is 0 Å². The first-order chi connectivity index (χ1) is 5.83. The van der Waals surface area contributed by atoms with Gasteiger partial charge in [-0.1, -0.05) is 0 Å². The standard InChI is InChI=1S/C8H7FN2O/c9-7-2-1-3-11-6(5-12)4-10-8(7)11/h1-4,12H,5H2. The number of pyridine rings is 1. The van der Waals surface area contributed by atoms with Gasteiger partial charge in [0.15, 0.2) is 11.5 Å². The predicted octanol–water partition coefficient (Wildman–Crippen LogP) is 0.966. The van der Waals surface area contributed by atoms with Crippen LogP contribution in [0.5, 0.6) is 0 Å². The zero-order valence-corrected chi connectivity index (χ0v) is 6.24. The molecule has 0 saturated carbocycles. The summed E-state index contributed by atoms with van der Waals surface area (Å²) >= 11 is 0. The Bertz CT molecular complexity index is 410. The monoisotopic (exact) mass is 166 g/mol.